The third kappa shape index (κ3) is 5.78. The number of piperidine rings is 1. The Morgan fingerprint density at radius 3 is 2.41 bits per heavy atom. The summed E-state index contributed by atoms with van der Waals surface area (Å²) in [4.78, 5) is 42.0. The minimum absolute atomic E-state index is 0.190. The van der Waals surface area contributed by atoms with Crippen molar-refractivity contribution in [1.82, 2.24) is 15.1 Å². The van der Waals surface area contributed by atoms with Gasteiger partial charge in [-0.05, 0) is 50.3 Å². The molecule has 0 unspecified atom stereocenters. The van der Waals surface area contributed by atoms with Crippen molar-refractivity contribution in [3.63, 3.8) is 0 Å². The molecule has 0 aromatic heterocycles. The van der Waals surface area contributed by atoms with Crippen LogP contribution < -0.4 is 5.32 Å². The molecule has 3 rings (SSSR count). The molecule has 186 valence electrons. The fourth-order valence-electron chi connectivity index (χ4n) is 4.58. The van der Waals surface area contributed by atoms with Crippen LogP contribution in [0.1, 0.15) is 63.6 Å². The predicted molar refractivity (Wildman–Crippen MR) is 129 cm³/mol. The molecule has 0 radical (unpaired) electrons. The van der Waals surface area contributed by atoms with Crippen LogP contribution >= 0.6 is 0 Å². The monoisotopic (exact) mass is 471 g/mol. The number of hydrogen-bond acceptors (Lipinski definition) is 6. The number of urea groups is 1. The van der Waals surface area contributed by atoms with E-state index in [1.54, 1.807) is 20.9 Å². The molecular weight excluding hydrogens is 434 g/mol. The van der Waals surface area contributed by atoms with Gasteiger partial charge in [0.25, 0.3) is 0 Å². The standard InChI is InChI=1S/C26H37N3O5/c1-6-33-24(30)20-9-8-14-29(15-20)16-21-22(25(31)34-7-2)23(27-26(32)28(21)5)19-12-10-18(11-13-19)17(3)4/h10-13,17,20,23H,6-9,14-16H2,1-5H3,(H,27,32)/t20-,23+/m0/s1. The SMILES string of the molecule is CCOC(=O)C1=C(CN2CCC[C@H](C(=O)OCC)C2)N(C)C(=O)N[C@@H]1c1ccc(C(C)C)cc1. The Morgan fingerprint density at radius 1 is 1.12 bits per heavy atom. The summed E-state index contributed by atoms with van der Waals surface area (Å²) < 4.78 is 10.6. The topological polar surface area (TPSA) is 88.2 Å². The number of rotatable bonds is 8. The maximum Gasteiger partial charge on any atom is 0.338 e. The Kier molecular flexibility index (Phi) is 8.72. The van der Waals surface area contributed by atoms with E-state index in [-0.39, 0.29) is 24.5 Å². The highest BCUT2D eigenvalue weighted by atomic mass is 16.5. The number of likely N-dealkylation sites (N-methyl/N-ethyl adjacent to an activating group) is 1. The molecular formula is C26H37N3O5. The van der Waals surface area contributed by atoms with Gasteiger partial charge in [-0.1, -0.05) is 38.1 Å². The number of ether oxygens (including phenoxy) is 2. The van der Waals surface area contributed by atoms with Crippen LogP contribution in [-0.4, -0.2) is 67.7 Å². The highest BCUT2D eigenvalue weighted by molar-refractivity contribution is 5.95. The van der Waals surface area contributed by atoms with Crippen molar-refractivity contribution in [1.29, 1.82) is 0 Å². The summed E-state index contributed by atoms with van der Waals surface area (Å²) >= 11 is 0. The van der Waals surface area contributed by atoms with Crippen LogP contribution in [0.2, 0.25) is 0 Å². The van der Waals surface area contributed by atoms with Crippen molar-refractivity contribution in [2.75, 3.05) is 39.9 Å². The molecule has 2 aliphatic heterocycles. The first-order chi connectivity index (χ1) is 16.3. The summed E-state index contributed by atoms with van der Waals surface area (Å²) in [6.07, 6.45) is 1.63. The number of esters is 2. The van der Waals surface area contributed by atoms with Crippen LogP contribution in [0.25, 0.3) is 0 Å². The van der Waals surface area contributed by atoms with Gasteiger partial charge < -0.3 is 14.8 Å². The normalized spacial score (nSPS) is 21.5. The van der Waals surface area contributed by atoms with Crippen LogP contribution in [0.4, 0.5) is 4.79 Å². The zero-order valence-electron chi connectivity index (χ0n) is 20.9. The van der Waals surface area contributed by atoms with Gasteiger partial charge in [0.05, 0.1) is 30.7 Å². The Hall–Kier alpha value is -2.87. The smallest absolute Gasteiger partial charge is 0.338 e. The molecule has 2 amide bonds. The van der Waals surface area contributed by atoms with Gasteiger partial charge in [0, 0.05) is 25.8 Å². The highest BCUT2D eigenvalue weighted by Crippen LogP contribution is 2.33. The van der Waals surface area contributed by atoms with E-state index in [2.05, 4.69) is 24.1 Å². The average Bonchev–Trinajstić information content (AvgIpc) is 2.82. The van der Waals surface area contributed by atoms with Crippen molar-refractivity contribution in [3.8, 4) is 0 Å². The minimum atomic E-state index is -0.607. The third-order valence-corrected chi connectivity index (χ3v) is 6.51. The lowest BCUT2D eigenvalue weighted by atomic mass is 9.91. The molecule has 0 spiro atoms. The molecule has 8 heteroatoms. The van der Waals surface area contributed by atoms with Crippen molar-refractivity contribution in [3.05, 3.63) is 46.7 Å². The Balaban J connectivity index is 1.96. The number of likely N-dealkylation sites (tertiary alicyclic amines) is 1. The first-order valence-corrected chi connectivity index (χ1v) is 12.2. The maximum absolute atomic E-state index is 13.2. The summed E-state index contributed by atoms with van der Waals surface area (Å²) in [5.41, 5.74) is 3.04. The molecule has 1 saturated heterocycles. The summed E-state index contributed by atoms with van der Waals surface area (Å²) in [7, 11) is 1.66. The van der Waals surface area contributed by atoms with Crippen LogP contribution in [0.3, 0.4) is 0 Å². The fourth-order valence-corrected chi connectivity index (χ4v) is 4.58. The lowest BCUT2D eigenvalue weighted by Gasteiger charge is -2.38. The largest absolute Gasteiger partial charge is 0.466 e. The van der Waals surface area contributed by atoms with Gasteiger partial charge in [0.15, 0.2) is 0 Å². The molecule has 0 saturated carbocycles. The summed E-state index contributed by atoms with van der Waals surface area (Å²) in [5, 5.41) is 2.97. The highest BCUT2D eigenvalue weighted by Gasteiger charge is 2.38. The number of nitrogens with zero attached hydrogens (tertiary/aromatic N) is 2. The third-order valence-electron chi connectivity index (χ3n) is 6.51. The number of carbonyl (C=O) groups is 3. The van der Waals surface area contributed by atoms with Gasteiger partial charge in [-0.25, -0.2) is 9.59 Å². The number of hydrogen-bond donors (Lipinski definition) is 1. The van der Waals surface area contributed by atoms with Gasteiger partial charge in [0.1, 0.15) is 0 Å². The second-order valence-corrected chi connectivity index (χ2v) is 9.17. The molecule has 2 heterocycles. The van der Waals surface area contributed by atoms with E-state index in [1.165, 1.54) is 10.5 Å². The predicted octanol–water partition coefficient (Wildman–Crippen LogP) is 3.60. The molecule has 0 bridgehead atoms. The van der Waals surface area contributed by atoms with Crippen molar-refractivity contribution >= 4 is 18.0 Å². The first kappa shape index (κ1) is 25.7. The molecule has 2 aliphatic rings. The lowest BCUT2D eigenvalue weighted by molar-refractivity contribution is -0.150. The van der Waals surface area contributed by atoms with Crippen LogP contribution in [0, 0.1) is 5.92 Å². The number of nitrogens with one attached hydrogen (secondary N) is 1. The number of benzene rings is 1. The second kappa shape index (κ2) is 11.5. The van der Waals surface area contributed by atoms with Crippen LogP contribution in [0.5, 0.6) is 0 Å². The Morgan fingerprint density at radius 2 is 1.79 bits per heavy atom. The van der Waals surface area contributed by atoms with Crippen molar-refractivity contribution in [2.45, 2.75) is 52.5 Å². The molecule has 2 atom stereocenters. The molecule has 1 aromatic rings. The van der Waals surface area contributed by atoms with Crippen molar-refractivity contribution < 1.29 is 23.9 Å². The van der Waals surface area contributed by atoms with E-state index in [1.807, 2.05) is 24.3 Å². The zero-order chi connectivity index (χ0) is 24.8. The van der Waals surface area contributed by atoms with E-state index in [0.717, 1.165) is 24.9 Å². The summed E-state index contributed by atoms with van der Waals surface area (Å²) in [5.74, 6) is -0.462. The second-order valence-electron chi connectivity index (χ2n) is 9.17. The quantitative estimate of drug-likeness (QED) is 0.583. The number of carbonyl (C=O) groups excluding carboxylic acids is 3. The van der Waals surface area contributed by atoms with Gasteiger partial charge >= 0.3 is 18.0 Å². The first-order valence-electron chi connectivity index (χ1n) is 12.2. The Bertz CT molecular complexity index is 925. The molecule has 1 fully saturated rings. The van der Waals surface area contributed by atoms with E-state index < -0.39 is 12.0 Å². The van der Waals surface area contributed by atoms with Gasteiger partial charge in [-0.3, -0.25) is 14.6 Å². The summed E-state index contributed by atoms with van der Waals surface area (Å²) in [6.45, 7) is 10.1. The van der Waals surface area contributed by atoms with E-state index in [9.17, 15) is 14.4 Å². The van der Waals surface area contributed by atoms with E-state index in [0.29, 0.717) is 36.9 Å². The fraction of sp³-hybridized carbons (Fsp3) is 0.577. The minimum Gasteiger partial charge on any atom is -0.466 e. The van der Waals surface area contributed by atoms with E-state index >= 15 is 0 Å². The van der Waals surface area contributed by atoms with Gasteiger partial charge in [-0.15, -0.1) is 0 Å². The van der Waals surface area contributed by atoms with Crippen LogP contribution in [-0.2, 0) is 19.1 Å². The Labute approximate surface area is 202 Å². The average molecular weight is 472 g/mol. The van der Waals surface area contributed by atoms with Crippen molar-refractivity contribution in [2.24, 2.45) is 5.92 Å². The molecule has 1 aromatic carbocycles. The zero-order valence-corrected chi connectivity index (χ0v) is 20.9. The molecule has 1 N–H and O–H groups in total. The molecule has 0 aliphatic carbocycles. The van der Waals surface area contributed by atoms with E-state index in [4.69, 9.17) is 9.47 Å². The van der Waals surface area contributed by atoms with Crippen LogP contribution in [0.15, 0.2) is 35.5 Å². The maximum atomic E-state index is 13.2. The lowest BCUT2D eigenvalue weighted by Crippen LogP contribution is -2.50. The van der Waals surface area contributed by atoms with Gasteiger partial charge in [0.2, 0.25) is 0 Å². The molecule has 34 heavy (non-hydrogen) atoms. The molecule has 8 nitrogen and oxygen atoms in total. The van der Waals surface area contributed by atoms with Gasteiger partial charge in [-0.2, -0.15) is 0 Å². The number of amides is 2. The summed E-state index contributed by atoms with van der Waals surface area (Å²) in [6, 6.07) is 7.09.